The first-order chi connectivity index (χ1) is 11.1. The molecule has 1 aromatic rings. The highest BCUT2D eigenvalue weighted by atomic mass is 16.7. The molecule has 0 bridgehead atoms. The van der Waals surface area contributed by atoms with Crippen LogP contribution < -0.4 is 15.5 Å². The Labute approximate surface area is 140 Å². The summed E-state index contributed by atoms with van der Waals surface area (Å²) in [6.45, 7) is 7.65. The molecule has 1 saturated heterocycles. The third-order valence-electron chi connectivity index (χ3n) is 4.67. The zero-order valence-corrected chi connectivity index (χ0v) is 14.4. The number of rotatable bonds is 2. The Bertz CT molecular complexity index is 699. The van der Waals surface area contributed by atoms with Crippen molar-refractivity contribution in [2.45, 2.75) is 38.9 Å². The fourth-order valence-electron chi connectivity index (χ4n) is 2.61. The van der Waals surface area contributed by atoms with Crippen LogP contribution in [0.1, 0.15) is 38.1 Å². The van der Waals surface area contributed by atoms with Gasteiger partial charge < -0.3 is 24.1 Å². The molecule has 1 fully saturated rings. The van der Waals surface area contributed by atoms with Crippen molar-refractivity contribution >= 4 is 30.1 Å². The molecule has 7 nitrogen and oxygen atoms in total. The molecule has 3 rings (SSSR count). The van der Waals surface area contributed by atoms with Gasteiger partial charge in [0.1, 0.15) is 5.75 Å². The van der Waals surface area contributed by atoms with Crippen molar-refractivity contribution in [1.82, 2.24) is 0 Å². The Morgan fingerprint density at radius 1 is 1.21 bits per heavy atom. The Kier molecular flexibility index (Phi) is 3.84. The smallest absolute Gasteiger partial charge is 0.482 e. The number of carbonyl (C=O) groups excluding carboxylic acids is 2. The van der Waals surface area contributed by atoms with Crippen LogP contribution in [0.25, 0.3) is 0 Å². The molecule has 0 aliphatic carbocycles. The lowest BCUT2D eigenvalue weighted by Gasteiger charge is -2.32. The Hall–Kier alpha value is -2.06. The van der Waals surface area contributed by atoms with Crippen molar-refractivity contribution < 1.29 is 28.4 Å². The second-order valence-corrected chi connectivity index (χ2v) is 6.86. The molecule has 0 aromatic heterocycles. The van der Waals surface area contributed by atoms with Crippen LogP contribution in [0.2, 0.25) is 0 Å². The molecule has 0 atom stereocenters. The lowest BCUT2D eigenvalue weighted by Crippen LogP contribution is -2.41. The maximum atomic E-state index is 11.9. The van der Waals surface area contributed by atoms with E-state index in [1.54, 1.807) is 6.07 Å². The minimum atomic E-state index is -0.719. The van der Waals surface area contributed by atoms with Gasteiger partial charge >= 0.3 is 13.1 Å². The zero-order chi connectivity index (χ0) is 17.7. The van der Waals surface area contributed by atoms with Crippen molar-refractivity contribution in [1.29, 1.82) is 0 Å². The fraction of sp³-hybridized carbons (Fsp3) is 0.500. The highest BCUT2D eigenvalue weighted by Gasteiger charge is 2.53. The molecular formula is C16H20BNO6. The van der Waals surface area contributed by atoms with Gasteiger partial charge in [-0.3, -0.25) is 4.79 Å². The van der Waals surface area contributed by atoms with Crippen LogP contribution in [0.3, 0.4) is 0 Å². The van der Waals surface area contributed by atoms with E-state index in [2.05, 4.69) is 5.32 Å². The normalized spacial score (nSPS) is 20.9. The number of ether oxygens (including phenoxy) is 2. The summed E-state index contributed by atoms with van der Waals surface area (Å²) < 4.78 is 22.4. The monoisotopic (exact) mass is 333 g/mol. The predicted molar refractivity (Wildman–Crippen MR) is 87.6 cm³/mol. The summed E-state index contributed by atoms with van der Waals surface area (Å²) in [5.41, 5.74) is 0.158. The zero-order valence-electron chi connectivity index (χ0n) is 14.4. The average molecular weight is 333 g/mol. The SMILES string of the molecule is COC(=O)c1cc2c(c(B3OC(C)(C)C(C)(C)O3)c1)OCC(=O)N2. The number of anilines is 1. The summed E-state index contributed by atoms with van der Waals surface area (Å²) in [5, 5.41) is 2.70. The van der Waals surface area contributed by atoms with Crippen molar-refractivity contribution in [3.05, 3.63) is 17.7 Å². The summed E-state index contributed by atoms with van der Waals surface area (Å²) in [6, 6.07) is 3.14. The first-order valence-electron chi connectivity index (χ1n) is 7.69. The van der Waals surface area contributed by atoms with E-state index in [-0.39, 0.29) is 18.1 Å². The van der Waals surface area contributed by atoms with Crippen LogP contribution >= 0.6 is 0 Å². The molecule has 2 aliphatic heterocycles. The standard InChI is InChI=1S/C16H20BNO6/c1-15(2)16(3,4)24-17(23-15)10-6-9(14(20)21-5)7-11-13(10)22-8-12(19)18-11/h6-7H,8H2,1-5H3,(H,18,19). The molecule has 8 heteroatoms. The highest BCUT2D eigenvalue weighted by molar-refractivity contribution is 6.63. The van der Waals surface area contributed by atoms with Crippen LogP contribution in [0.4, 0.5) is 5.69 Å². The number of fused-ring (bicyclic) bond motifs is 1. The van der Waals surface area contributed by atoms with Gasteiger partial charge in [-0.15, -0.1) is 0 Å². The molecule has 24 heavy (non-hydrogen) atoms. The molecule has 1 N–H and O–H groups in total. The number of amides is 1. The van der Waals surface area contributed by atoms with Gasteiger partial charge in [0.2, 0.25) is 0 Å². The van der Waals surface area contributed by atoms with Crippen LogP contribution in [-0.2, 0) is 18.8 Å². The molecule has 0 saturated carbocycles. The Balaban J connectivity index is 2.08. The number of benzene rings is 1. The Morgan fingerprint density at radius 2 is 1.83 bits per heavy atom. The molecule has 128 valence electrons. The second kappa shape index (κ2) is 5.49. The minimum Gasteiger partial charge on any atom is -0.482 e. The van der Waals surface area contributed by atoms with E-state index in [1.807, 2.05) is 27.7 Å². The van der Waals surface area contributed by atoms with Gasteiger partial charge in [-0.05, 0) is 39.8 Å². The summed E-state index contributed by atoms with van der Waals surface area (Å²) in [5.74, 6) is -0.361. The third-order valence-corrected chi connectivity index (χ3v) is 4.67. The van der Waals surface area contributed by atoms with Crippen molar-refractivity contribution in [3.63, 3.8) is 0 Å². The topological polar surface area (TPSA) is 83.1 Å². The van der Waals surface area contributed by atoms with Gasteiger partial charge in [0.05, 0.1) is 29.6 Å². The first kappa shape index (κ1) is 16.8. The van der Waals surface area contributed by atoms with Crippen molar-refractivity contribution in [2.24, 2.45) is 0 Å². The van der Waals surface area contributed by atoms with Gasteiger partial charge in [0.25, 0.3) is 5.91 Å². The Morgan fingerprint density at radius 3 is 2.42 bits per heavy atom. The van der Waals surface area contributed by atoms with Gasteiger partial charge in [-0.2, -0.15) is 0 Å². The first-order valence-corrected chi connectivity index (χ1v) is 7.69. The van der Waals surface area contributed by atoms with E-state index in [0.717, 1.165) is 0 Å². The third kappa shape index (κ3) is 2.65. The molecule has 0 spiro atoms. The summed E-state index contributed by atoms with van der Waals surface area (Å²) in [7, 11) is 0.578. The van der Waals surface area contributed by atoms with Gasteiger partial charge in [0.15, 0.2) is 6.61 Å². The number of methoxy groups -OCH3 is 1. The van der Waals surface area contributed by atoms with E-state index in [1.165, 1.54) is 13.2 Å². The number of hydrogen-bond acceptors (Lipinski definition) is 6. The van der Waals surface area contributed by atoms with Gasteiger partial charge in [-0.25, -0.2) is 4.79 Å². The number of esters is 1. The van der Waals surface area contributed by atoms with Gasteiger partial charge in [-0.1, -0.05) is 0 Å². The summed E-state index contributed by atoms with van der Waals surface area (Å²) in [4.78, 5) is 23.5. The van der Waals surface area contributed by atoms with Gasteiger partial charge in [0, 0.05) is 5.46 Å². The van der Waals surface area contributed by atoms with Crippen molar-refractivity contribution in [2.75, 3.05) is 19.0 Å². The van der Waals surface area contributed by atoms with E-state index >= 15 is 0 Å². The fourth-order valence-corrected chi connectivity index (χ4v) is 2.61. The van der Waals surface area contributed by atoms with Crippen LogP contribution in [0, 0.1) is 0 Å². The largest absolute Gasteiger partial charge is 0.498 e. The van der Waals surface area contributed by atoms with E-state index in [4.69, 9.17) is 18.8 Å². The highest BCUT2D eigenvalue weighted by Crippen LogP contribution is 2.38. The lowest BCUT2D eigenvalue weighted by molar-refractivity contribution is -0.118. The van der Waals surface area contributed by atoms with E-state index in [9.17, 15) is 9.59 Å². The van der Waals surface area contributed by atoms with Crippen LogP contribution in [0.15, 0.2) is 12.1 Å². The average Bonchev–Trinajstić information content (AvgIpc) is 2.73. The molecule has 0 radical (unpaired) electrons. The molecule has 1 amide bonds. The molecule has 2 heterocycles. The molecular weight excluding hydrogens is 313 g/mol. The number of carbonyl (C=O) groups is 2. The molecule has 1 aromatic carbocycles. The minimum absolute atomic E-state index is 0.100. The number of nitrogens with one attached hydrogen (secondary N) is 1. The molecule has 0 unspecified atom stereocenters. The van der Waals surface area contributed by atoms with E-state index in [0.29, 0.717) is 16.9 Å². The van der Waals surface area contributed by atoms with Crippen LogP contribution in [-0.4, -0.2) is 43.9 Å². The number of hydrogen-bond donors (Lipinski definition) is 1. The van der Waals surface area contributed by atoms with E-state index < -0.39 is 24.3 Å². The van der Waals surface area contributed by atoms with Crippen molar-refractivity contribution in [3.8, 4) is 5.75 Å². The maximum Gasteiger partial charge on any atom is 0.498 e. The maximum absolute atomic E-state index is 11.9. The van der Waals surface area contributed by atoms with Crippen LogP contribution in [0.5, 0.6) is 5.75 Å². The summed E-state index contributed by atoms with van der Waals surface area (Å²) in [6.07, 6.45) is 0. The summed E-state index contributed by atoms with van der Waals surface area (Å²) >= 11 is 0. The quantitative estimate of drug-likeness (QED) is 0.645. The second-order valence-electron chi connectivity index (χ2n) is 6.86. The predicted octanol–water partition coefficient (Wildman–Crippen LogP) is 1.10. The lowest BCUT2D eigenvalue weighted by atomic mass is 9.77. The molecule has 2 aliphatic rings.